The third-order valence-electron chi connectivity index (χ3n) is 3.44. The van der Waals surface area contributed by atoms with Gasteiger partial charge in [-0.05, 0) is 31.1 Å². The van der Waals surface area contributed by atoms with E-state index in [2.05, 4.69) is 15.0 Å². The average molecular weight is 295 g/mol. The molecular formula is C15H19ClN2O2. The number of anilines is 1. The molecule has 0 bridgehead atoms. The number of carbonyl (C=O) groups excluding carboxylic acids is 1. The van der Waals surface area contributed by atoms with Crippen molar-refractivity contribution in [2.24, 2.45) is 0 Å². The third-order valence-corrected chi connectivity index (χ3v) is 3.65. The van der Waals surface area contributed by atoms with E-state index in [0.29, 0.717) is 11.2 Å². The fourth-order valence-corrected chi connectivity index (χ4v) is 2.51. The molecule has 108 valence electrons. The van der Waals surface area contributed by atoms with Gasteiger partial charge >= 0.3 is 5.97 Å². The molecule has 0 aliphatic heterocycles. The van der Waals surface area contributed by atoms with Crippen molar-refractivity contribution >= 4 is 29.5 Å². The van der Waals surface area contributed by atoms with E-state index in [1.54, 1.807) is 12.1 Å². The number of esters is 1. The van der Waals surface area contributed by atoms with Gasteiger partial charge in [0.05, 0.1) is 7.11 Å². The van der Waals surface area contributed by atoms with Crippen molar-refractivity contribution in [1.29, 1.82) is 0 Å². The van der Waals surface area contributed by atoms with Gasteiger partial charge in [0.1, 0.15) is 11.0 Å². The van der Waals surface area contributed by atoms with Gasteiger partial charge in [0.15, 0.2) is 0 Å². The number of pyridine rings is 1. The van der Waals surface area contributed by atoms with Crippen molar-refractivity contribution in [2.75, 3.05) is 12.4 Å². The first-order chi connectivity index (χ1) is 9.69. The normalized spacial score (nSPS) is 16.3. The van der Waals surface area contributed by atoms with Crippen molar-refractivity contribution < 1.29 is 9.53 Å². The van der Waals surface area contributed by atoms with Crippen LogP contribution in [0.2, 0.25) is 5.15 Å². The maximum atomic E-state index is 11.2. The predicted octanol–water partition coefficient (Wildman–Crippen LogP) is 3.67. The summed E-state index contributed by atoms with van der Waals surface area (Å²) in [5, 5.41) is 3.88. The summed E-state index contributed by atoms with van der Waals surface area (Å²) in [4.78, 5) is 15.5. The van der Waals surface area contributed by atoms with Crippen LogP contribution in [0.15, 0.2) is 18.2 Å². The van der Waals surface area contributed by atoms with Crippen molar-refractivity contribution in [3.63, 3.8) is 0 Å². The Morgan fingerprint density at radius 1 is 1.40 bits per heavy atom. The van der Waals surface area contributed by atoms with E-state index in [9.17, 15) is 4.79 Å². The zero-order valence-corrected chi connectivity index (χ0v) is 12.3. The number of methoxy groups -OCH3 is 1. The number of carbonyl (C=O) groups is 1. The number of hydrogen-bond acceptors (Lipinski definition) is 4. The van der Waals surface area contributed by atoms with Gasteiger partial charge in [-0.15, -0.1) is 0 Å². The first-order valence-corrected chi connectivity index (χ1v) is 7.26. The van der Waals surface area contributed by atoms with Crippen LogP contribution in [0.3, 0.4) is 0 Å². The molecule has 5 heteroatoms. The predicted molar refractivity (Wildman–Crippen MR) is 80.8 cm³/mol. The van der Waals surface area contributed by atoms with Gasteiger partial charge < -0.3 is 10.1 Å². The highest BCUT2D eigenvalue weighted by molar-refractivity contribution is 6.29. The largest absolute Gasteiger partial charge is 0.466 e. The van der Waals surface area contributed by atoms with Gasteiger partial charge in [-0.2, -0.15) is 0 Å². The van der Waals surface area contributed by atoms with Gasteiger partial charge in [-0.3, -0.25) is 0 Å². The van der Waals surface area contributed by atoms with Crippen molar-refractivity contribution in [1.82, 2.24) is 4.98 Å². The lowest BCUT2D eigenvalue weighted by molar-refractivity contribution is -0.134. The van der Waals surface area contributed by atoms with Crippen LogP contribution < -0.4 is 5.32 Å². The quantitative estimate of drug-likeness (QED) is 0.523. The van der Waals surface area contributed by atoms with Crippen LogP contribution in [0, 0.1) is 0 Å². The molecule has 1 aromatic rings. The maximum Gasteiger partial charge on any atom is 0.330 e. The Morgan fingerprint density at radius 3 is 2.85 bits per heavy atom. The van der Waals surface area contributed by atoms with E-state index in [0.717, 1.165) is 24.2 Å². The molecule has 0 unspecified atom stereocenters. The summed E-state index contributed by atoms with van der Waals surface area (Å²) in [6.07, 6.45) is 9.16. The molecule has 1 heterocycles. The van der Waals surface area contributed by atoms with E-state index in [1.165, 1.54) is 32.4 Å². The molecule has 20 heavy (non-hydrogen) atoms. The van der Waals surface area contributed by atoms with Gasteiger partial charge in [0.2, 0.25) is 0 Å². The van der Waals surface area contributed by atoms with Crippen LogP contribution in [0.1, 0.15) is 37.7 Å². The number of hydrogen-bond donors (Lipinski definition) is 1. The molecule has 0 atom stereocenters. The number of ether oxygens (including phenoxy) is 1. The molecule has 0 amide bonds. The maximum absolute atomic E-state index is 11.2. The summed E-state index contributed by atoms with van der Waals surface area (Å²) in [5.74, 6) is 0.341. The van der Waals surface area contributed by atoms with Crippen LogP contribution in [0.5, 0.6) is 0 Å². The lowest BCUT2D eigenvalue weighted by atomic mass is 9.95. The monoisotopic (exact) mass is 294 g/mol. The standard InChI is InChI=1S/C15H19ClN2O2/c1-20-14(19)10-8-11-7-9-13(16)18-15(11)17-12-5-3-2-4-6-12/h7-10,12H,2-6H2,1H3,(H,17,18)/b10-8+. The fraction of sp³-hybridized carbons (Fsp3) is 0.467. The Bertz CT molecular complexity index is 497. The van der Waals surface area contributed by atoms with Gasteiger partial charge in [0.25, 0.3) is 0 Å². The van der Waals surface area contributed by atoms with Crippen molar-refractivity contribution in [2.45, 2.75) is 38.1 Å². The molecule has 1 fully saturated rings. The van der Waals surface area contributed by atoms with E-state index in [1.807, 2.05) is 6.07 Å². The summed E-state index contributed by atoms with van der Waals surface area (Å²) >= 11 is 5.96. The second kappa shape index (κ2) is 7.29. The van der Waals surface area contributed by atoms with Gasteiger partial charge in [-0.1, -0.05) is 30.9 Å². The third kappa shape index (κ3) is 4.23. The molecule has 1 aromatic heterocycles. The summed E-state index contributed by atoms with van der Waals surface area (Å²) < 4.78 is 4.59. The van der Waals surface area contributed by atoms with Crippen molar-refractivity contribution in [3.8, 4) is 0 Å². The first-order valence-electron chi connectivity index (χ1n) is 6.88. The van der Waals surface area contributed by atoms with Crippen LogP contribution in [-0.4, -0.2) is 24.1 Å². The van der Waals surface area contributed by atoms with E-state index in [4.69, 9.17) is 11.6 Å². The second-order valence-electron chi connectivity index (χ2n) is 4.91. The topological polar surface area (TPSA) is 51.2 Å². The molecule has 1 saturated carbocycles. The molecule has 1 aliphatic rings. The highest BCUT2D eigenvalue weighted by atomic mass is 35.5. The van der Waals surface area contributed by atoms with Crippen LogP contribution in [-0.2, 0) is 9.53 Å². The number of rotatable bonds is 4. The Morgan fingerprint density at radius 2 is 2.15 bits per heavy atom. The minimum absolute atomic E-state index is 0.386. The van der Waals surface area contributed by atoms with E-state index < -0.39 is 0 Å². The SMILES string of the molecule is COC(=O)/C=C/c1ccc(Cl)nc1NC1CCCCC1. The Hall–Kier alpha value is -1.55. The molecule has 1 N–H and O–H groups in total. The Balaban J connectivity index is 2.14. The van der Waals surface area contributed by atoms with Crippen LogP contribution >= 0.6 is 11.6 Å². The number of halogens is 1. The first kappa shape index (κ1) is 14.9. The average Bonchev–Trinajstić information content (AvgIpc) is 2.47. The number of nitrogens with one attached hydrogen (secondary N) is 1. The van der Waals surface area contributed by atoms with Crippen molar-refractivity contribution in [3.05, 3.63) is 28.9 Å². The van der Waals surface area contributed by atoms with E-state index in [-0.39, 0.29) is 5.97 Å². The second-order valence-corrected chi connectivity index (χ2v) is 5.29. The Kier molecular flexibility index (Phi) is 5.41. The fourth-order valence-electron chi connectivity index (χ4n) is 2.36. The molecule has 2 rings (SSSR count). The van der Waals surface area contributed by atoms with Crippen LogP contribution in [0.4, 0.5) is 5.82 Å². The Labute approximate surface area is 124 Å². The smallest absolute Gasteiger partial charge is 0.330 e. The molecular weight excluding hydrogens is 276 g/mol. The minimum atomic E-state index is -0.386. The summed E-state index contributed by atoms with van der Waals surface area (Å²) in [6, 6.07) is 3.99. The van der Waals surface area contributed by atoms with E-state index >= 15 is 0 Å². The summed E-state index contributed by atoms with van der Waals surface area (Å²) in [7, 11) is 1.36. The molecule has 0 aromatic carbocycles. The lowest BCUT2D eigenvalue weighted by Crippen LogP contribution is -2.23. The minimum Gasteiger partial charge on any atom is -0.466 e. The summed E-state index contributed by atoms with van der Waals surface area (Å²) in [5.41, 5.74) is 0.838. The number of nitrogens with zero attached hydrogens (tertiary/aromatic N) is 1. The summed E-state index contributed by atoms with van der Waals surface area (Å²) in [6.45, 7) is 0. The zero-order chi connectivity index (χ0) is 14.4. The molecule has 0 saturated heterocycles. The molecule has 0 radical (unpaired) electrons. The molecule has 4 nitrogen and oxygen atoms in total. The highest BCUT2D eigenvalue weighted by Gasteiger charge is 2.15. The molecule has 0 spiro atoms. The zero-order valence-electron chi connectivity index (χ0n) is 11.6. The number of aromatic nitrogens is 1. The van der Waals surface area contributed by atoms with Gasteiger partial charge in [0, 0.05) is 17.7 Å². The highest BCUT2D eigenvalue weighted by Crippen LogP contribution is 2.24. The molecule has 1 aliphatic carbocycles. The van der Waals surface area contributed by atoms with Crippen LogP contribution in [0.25, 0.3) is 6.08 Å². The lowest BCUT2D eigenvalue weighted by Gasteiger charge is -2.24. The van der Waals surface area contributed by atoms with Gasteiger partial charge in [-0.25, -0.2) is 9.78 Å².